The summed E-state index contributed by atoms with van der Waals surface area (Å²) in [7, 11) is -2.39. The average Bonchev–Trinajstić information content (AvgIpc) is 2.60. The van der Waals surface area contributed by atoms with E-state index in [-0.39, 0.29) is 17.1 Å². The molecule has 0 radical (unpaired) electrons. The van der Waals surface area contributed by atoms with Crippen LogP contribution in [0.3, 0.4) is 0 Å². The number of nitro benzene ring substituents is 1. The Bertz CT molecular complexity index is 911. The summed E-state index contributed by atoms with van der Waals surface area (Å²) in [4.78, 5) is 10.1. The molecule has 0 aromatic heterocycles. The molecule has 0 bridgehead atoms. The minimum atomic E-state index is -3.91. The minimum absolute atomic E-state index is 0.00847. The standard InChI is InChI=1S/C17H20N2O6S/c1-4-25-16-9-13(6-8-15(16)24-3)11-18-26(22,23)17-10-14(19(20)21)7-5-12(17)2/h5-10,18H,4,11H2,1-3H3. The van der Waals surface area contributed by atoms with Gasteiger partial charge in [0, 0.05) is 18.7 Å². The molecule has 0 amide bonds. The third-order valence-electron chi connectivity index (χ3n) is 3.67. The van der Waals surface area contributed by atoms with Crippen molar-refractivity contribution in [2.45, 2.75) is 25.3 Å². The number of hydrogen-bond acceptors (Lipinski definition) is 6. The number of hydrogen-bond donors (Lipinski definition) is 1. The van der Waals surface area contributed by atoms with E-state index in [0.29, 0.717) is 29.2 Å². The number of rotatable bonds is 8. The van der Waals surface area contributed by atoms with Gasteiger partial charge in [0.2, 0.25) is 10.0 Å². The van der Waals surface area contributed by atoms with Crippen molar-refractivity contribution < 1.29 is 22.8 Å². The number of aryl methyl sites for hydroxylation is 1. The van der Waals surface area contributed by atoms with Crippen LogP contribution in [0.25, 0.3) is 0 Å². The second-order valence-electron chi connectivity index (χ2n) is 5.45. The monoisotopic (exact) mass is 380 g/mol. The van der Waals surface area contributed by atoms with E-state index in [1.165, 1.54) is 19.2 Å². The highest BCUT2D eigenvalue weighted by Crippen LogP contribution is 2.28. The number of non-ortho nitro benzene ring substituents is 1. The number of nitro groups is 1. The highest BCUT2D eigenvalue weighted by atomic mass is 32.2. The Kier molecular flexibility index (Phi) is 6.17. The third-order valence-corrected chi connectivity index (χ3v) is 5.21. The van der Waals surface area contributed by atoms with Crippen LogP contribution < -0.4 is 14.2 Å². The third kappa shape index (κ3) is 4.50. The van der Waals surface area contributed by atoms with E-state index < -0.39 is 14.9 Å². The molecule has 2 rings (SSSR count). The lowest BCUT2D eigenvalue weighted by Gasteiger charge is -2.12. The predicted octanol–water partition coefficient (Wildman–Crippen LogP) is 2.79. The summed E-state index contributed by atoms with van der Waals surface area (Å²) in [6.07, 6.45) is 0. The first kappa shape index (κ1) is 19.7. The molecule has 0 heterocycles. The fourth-order valence-corrected chi connectivity index (χ4v) is 3.63. The summed E-state index contributed by atoms with van der Waals surface area (Å²) in [6.45, 7) is 3.87. The summed E-state index contributed by atoms with van der Waals surface area (Å²) in [6, 6.07) is 8.82. The quantitative estimate of drug-likeness (QED) is 0.557. The molecule has 140 valence electrons. The van der Waals surface area contributed by atoms with Gasteiger partial charge in [-0.25, -0.2) is 13.1 Å². The zero-order valence-corrected chi connectivity index (χ0v) is 15.5. The predicted molar refractivity (Wildman–Crippen MR) is 96.0 cm³/mol. The molecule has 26 heavy (non-hydrogen) atoms. The Hall–Kier alpha value is -2.65. The Morgan fingerprint density at radius 3 is 2.50 bits per heavy atom. The number of nitrogens with zero attached hydrogens (tertiary/aromatic N) is 1. The summed E-state index contributed by atoms with van der Waals surface area (Å²) in [5, 5.41) is 10.9. The first-order valence-electron chi connectivity index (χ1n) is 7.83. The first-order valence-corrected chi connectivity index (χ1v) is 9.31. The van der Waals surface area contributed by atoms with Gasteiger partial charge in [0.15, 0.2) is 11.5 Å². The molecule has 0 spiro atoms. The van der Waals surface area contributed by atoms with Crippen molar-refractivity contribution >= 4 is 15.7 Å². The molecule has 0 saturated carbocycles. The smallest absolute Gasteiger partial charge is 0.270 e. The number of ether oxygens (including phenoxy) is 2. The van der Waals surface area contributed by atoms with E-state index in [2.05, 4.69) is 4.72 Å². The van der Waals surface area contributed by atoms with Crippen LogP contribution in [0.4, 0.5) is 5.69 Å². The van der Waals surface area contributed by atoms with E-state index in [4.69, 9.17) is 9.47 Å². The van der Waals surface area contributed by atoms with Crippen LogP contribution in [0.5, 0.6) is 11.5 Å². The maximum Gasteiger partial charge on any atom is 0.270 e. The molecule has 8 nitrogen and oxygen atoms in total. The lowest BCUT2D eigenvalue weighted by atomic mass is 10.2. The van der Waals surface area contributed by atoms with Crippen LogP contribution in [0.2, 0.25) is 0 Å². The molecule has 0 aliphatic rings. The highest BCUT2D eigenvalue weighted by molar-refractivity contribution is 7.89. The Morgan fingerprint density at radius 2 is 1.88 bits per heavy atom. The Morgan fingerprint density at radius 1 is 1.15 bits per heavy atom. The molecule has 0 fully saturated rings. The number of sulfonamides is 1. The molecular weight excluding hydrogens is 360 g/mol. The molecule has 9 heteroatoms. The van der Waals surface area contributed by atoms with Gasteiger partial charge in [-0.1, -0.05) is 12.1 Å². The van der Waals surface area contributed by atoms with Gasteiger partial charge in [0.1, 0.15) is 0 Å². The van der Waals surface area contributed by atoms with Gasteiger partial charge in [-0.15, -0.1) is 0 Å². The highest BCUT2D eigenvalue weighted by Gasteiger charge is 2.20. The fourth-order valence-electron chi connectivity index (χ4n) is 2.35. The fraction of sp³-hybridized carbons (Fsp3) is 0.294. The van der Waals surface area contributed by atoms with Crippen molar-refractivity contribution in [2.75, 3.05) is 13.7 Å². The van der Waals surface area contributed by atoms with Gasteiger partial charge in [0.05, 0.1) is 23.5 Å². The molecule has 2 aromatic rings. The SMILES string of the molecule is CCOc1cc(CNS(=O)(=O)c2cc([N+](=O)[O-])ccc2C)ccc1OC. The molecule has 0 unspecified atom stereocenters. The van der Waals surface area contributed by atoms with Gasteiger partial charge in [-0.2, -0.15) is 0 Å². The van der Waals surface area contributed by atoms with Gasteiger partial charge in [-0.05, 0) is 37.1 Å². The molecule has 0 atom stereocenters. The largest absolute Gasteiger partial charge is 0.493 e. The Labute approximate surface area is 152 Å². The molecular formula is C17H20N2O6S. The summed E-state index contributed by atoms with van der Waals surface area (Å²) in [5.74, 6) is 1.06. The van der Waals surface area contributed by atoms with E-state index in [0.717, 1.165) is 6.07 Å². The van der Waals surface area contributed by atoms with Crippen LogP contribution in [0, 0.1) is 17.0 Å². The summed E-state index contributed by atoms with van der Waals surface area (Å²) >= 11 is 0. The van der Waals surface area contributed by atoms with Gasteiger partial charge < -0.3 is 9.47 Å². The van der Waals surface area contributed by atoms with Crippen molar-refractivity contribution in [3.63, 3.8) is 0 Å². The molecule has 2 aromatic carbocycles. The maximum absolute atomic E-state index is 12.5. The molecule has 0 saturated heterocycles. The topological polar surface area (TPSA) is 108 Å². The van der Waals surface area contributed by atoms with Crippen LogP contribution >= 0.6 is 0 Å². The molecule has 0 aliphatic carbocycles. The van der Waals surface area contributed by atoms with Crippen molar-refractivity contribution in [1.82, 2.24) is 4.72 Å². The second-order valence-corrected chi connectivity index (χ2v) is 7.19. The zero-order chi connectivity index (χ0) is 19.3. The van der Waals surface area contributed by atoms with E-state index >= 15 is 0 Å². The van der Waals surface area contributed by atoms with Crippen LogP contribution in [-0.4, -0.2) is 27.1 Å². The lowest BCUT2D eigenvalue weighted by molar-refractivity contribution is -0.385. The number of methoxy groups -OCH3 is 1. The minimum Gasteiger partial charge on any atom is -0.493 e. The zero-order valence-electron chi connectivity index (χ0n) is 14.7. The van der Waals surface area contributed by atoms with Crippen molar-refractivity contribution in [3.8, 4) is 11.5 Å². The first-order chi connectivity index (χ1) is 12.3. The Balaban J connectivity index is 2.24. The van der Waals surface area contributed by atoms with Crippen LogP contribution in [0.15, 0.2) is 41.3 Å². The maximum atomic E-state index is 12.5. The number of nitrogens with one attached hydrogen (secondary N) is 1. The van der Waals surface area contributed by atoms with Gasteiger partial charge in [-0.3, -0.25) is 10.1 Å². The summed E-state index contributed by atoms with van der Waals surface area (Å²) in [5.41, 5.74) is 0.813. The average molecular weight is 380 g/mol. The molecule has 0 aliphatic heterocycles. The summed E-state index contributed by atoms with van der Waals surface area (Å²) < 4.78 is 38.2. The van der Waals surface area contributed by atoms with Crippen molar-refractivity contribution in [2.24, 2.45) is 0 Å². The van der Waals surface area contributed by atoms with Crippen molar-refractivity contribution in [3.05, 3.63) is 57.6 Å². The van der Waals surface area contributed by atoms with Crippen LogP contribution in [-0.2, 0) is 16.6 Å². The van der Waals surface area contributed by atoms with Crippen molar-refractivity contribution in [1.29, 1.82) is 0 Å². The lowest BCUT2D eigenvalue weighted by Crippen LogP contribution is -2.24. The van der Waals surface area contributed by atoms with E-state index in [9.17, 15) is 18.5 Å². The second kappa shape index (κ2) is 8.15. The number of benzene rings is 2. The van der Waals surface area contributed by atoms with Gasteiger partial charge in [0.25, 0.3) is 5.69 Å². The van der Waals surface area contributed by atoms with E-state index in [1.54, 1.807) is 25.1 Å². The van der Waals surface area contributed by atoms with Gasteiger partial charge >= 0.3 is 0 Å². The molecule has 1 N–H and O–H groups in total. The normalized spacial score (nSPS) is 11.2. The van der Waals surface area contributed by atoms with E-state index in [1.807, 2.05) is 6.92 Å². The van der Waals surface area contributed by atoms with Crippen LogP contribution in [0.1, 0.15) is 18.1 Å².